The van der Waals surface area contributed by atoms with Gasteiger partial charge in [0.15, 0.2) is 0 Å². The third-order valence-electron chi connectivity index (χ3n) is 2.93. The molecule has 2 saturated heterocycles. The summed E-state index contributed by atoms with van der Waals surface area (Å²) in [6, 6.07) is 1.56. The summed E-state index contributed by atoms with van der Waals surface area (Å²) in [6.45, 7) is 6.74. The smallest absolute Gasteiger partial charge is 0.0427 e. The highest BCUT2D eigenvalue weighted by Gasteiger charge is 2.37. The number of piperazine rings is 1. The Hall–Kier alpha value is -0.500. The van der Waals surface area contributed by atoms with Crippen LogP contribution in [-0.2, 0) is 0 Å². The second-order valence-corrected chi connectivity index (χ2v) is 3.58. The molecule has 2 heteroatoms. The average molecular weight is 152 g/mol. The number of fused-ring (bicyclic) bond motifs is 2. The standard InChI is InChI=1S/C9H16N2/c1-3-7(2)11-6-8-4-9(11)5-10-8/h3,8-10H,4-6H2,1-2H3. The predicted molar refractivity (Wildman–Crippen MR) is 46.3 cm³/mol. The molecule has 62 valence electrons. The van der Waals surface area contributed by atoms with Crippen molar-refractivity contribution in [1.29, 1.82) is 0 Å². The van der Waals surface area contributed by atoms with Gasteiger partial charge in [0.2, 0.25) is 0 Å². The Morgan fingerprint density at radius 1 is 1.64 bits per heavy atom. The molecule has 2 atom stereocenters. The lowest BCUT2D eigenvalue weighted by atomic mass is 10.2. The molecule has 2 heterocycles. The molecule has 0 aliphatic carbocycles. The van der Waals surface area contributed by atoms with Gasteiger partial charge in [-0.3, -0.25) is 0 Å². The van der Waals surface area contributed by atoms with Gasteiger partial charge < -0.3 is 10.2 Å². The van der Waals surface area contributed by atoms with E-state index in [0.717, 1.165) is 12.1 Å². The van der Waals surface area contributed by atoms with Crippen molar-refractivity contribution in [3.05, 3.63) is 11.8 Å². The van der Waals surface area contributed by atoms with Crippen molar-refractivity contribution in [2.75, 3.05) is 13.1 Å². The molecule has 2 bridgehead atoms. The highest BCUT2D eigenvalue weighted by Crippen LogP contribution is 2.26. The zero-order valence-corrected chi connectivity index (χ0v) is 7.30. The normalized spacial score (nSPS) is 36.9. The van der Waals surface area contributed by atoms with Crippen molar-refractivity contribution in [2.45, 2.75) is 32.4 Å². The van der Waals surface area contributed by atoms with Crippen LogP contribution in [0, 0.1) is 0 Å². The maximum absolute atomic E-state index is 3.50. The first-order valence-corrected chi connectivity index (χ1v) is 4.44. The molecule has 0 aromatic rings. The van der Waals surface area contributed by atoms with Gasteiger partial charge in [-0.05, 0) is 20.3 Å². The third-order valence-corrected chi connectivity index (χ3v) is 2.93. The van der Waals surface area contributed by atoms with Gasteiger partial charge >= 0.3 is 0 Å². The quantitative estimate of drug-likeness (QED) is 0.602. The zero-order chi connectivity index (χ0) is 7.84. The number of likely N-dealkylation sites (tertiary alicyclic amines) is 1. The number of nitrogens with zero attached hydrogens (tertiary/aromatic N) is 1. The molecule has 0 amide bonds. The van der Waals surface area contributed by atoms with Gasteiger partial charge in [0.1, 0.15) is 0 Å². The van der Waals surface area contributed by atoms with Crippen LogP contribution in [0.25, 0.3) is 0 Å². The Kier molecular flexibility index (Phi) is 1.64. The molecular formula is C9H16N2. The third kappa shape index (κ3) is 1.06. The molecule has 0 aromatic heterocycles. The van der Waals surface area contributed by atoms with Crippen molar-refractivity contribution in [3.63, 3.8) is 0 Å². The molecule has 2 aliphatic heterocycles. The minimum Gasteiger partial charge on any atom is -0.369 e. The van der Waals surface area contributed by atoms with Gasteiger partial charge in [-0.25, -0.2) is 0 Å². The Morgan fingerprint density at radius 3 is 2.91 bits per heavy atom. The first-order valence-electron chi connectivity index (χ1n) is 4.44. The molecule has 0 radical (unpaired) electrons. The predicted octanol–water partition coefficient (Wildman–Crippen LogP) is 0.956. The number of hydrogen-bond acceptors (Lipinski definition) is 2. The average Bonchev–Trinajstić information content (AvgIpc) is 2.62. The van der Waals surface area contributed by atoms with E-state index in [4.69, 9.17) is 0 Å². The van der Waals surface area contributed by atoms with Crippen LogP contribution >= 0.6 is 0 Å². The Morgan fingerprint density at radius 2 is 2.45 bits per heavy atom. The van der Waals surface area contributed by atoms with Crippen molar-refractivity contribution in [3.8, 4) is 0 Å². The van der Waals surface area contributed by atoms with Crippen LogP contribution in [0.1, 0.15) is 20.3 Å². The van der Waals surface area contributed by atoms with Gasteiger partial charge in [-0.2, -0.15) is 0 Å². The number of allylic oxidation sites excluding steroid dienone is 2. The van der Waals surface area contributed by atoms with Crippen molar-refractivity contribution < 1.29 is 0 Å². The molecule has 0 saturated carbocycles. The molecule has 11 heavy (non-hydrogen) atoms. The highest BCUT2D eigenvalue weighted by molar-refractivity contribution is 5.08. The number of nitrogens with one attached hydrogen (secondary N) is 1. The summed E-state index contributed by atoms with van der Waals surface area (Å²) in [4.78, 5) is 2.53. The van der Waals surface area contributed by atoms with Crippen LogP contribution in [0.2, 0.25) is 0 Å². The monoisotopic (exact) mass is 152 g/mol. The maximum Gasteiger partial charge on any atom is 0.0427 e. The van der Waals surface area contributed by atoms with E-state index in [1.165, 1.54) is 25.2 Å². The van der Waals surface area contributed by atoms with Crippen molar-refractivity contribution in [2.24, 2.45) is 0 Å². The van der Waals surface area contributed by atoms with Gasteiger partial charge in [0.05, 0.1) is 0 Å². The van der Waals surface area contributed by atoms with E-state index in [2.05, 4.69) is 30.1 Å². The van der Waals surface area contributed by atoms with Gasteiger partial charge in [0, 0.05) is 30.9 Å². The summed E-state index contributed by atoms with van der Waals surface area (Å²) in [5.41, 5.74) is 1.44. The van der Waals surface area contributed by atoms with Gasteiger partial charge in [-0.1, -0.05) is 6.08 Å². The lowest BCUT2D eigenvalue weighted by Crippen LogP contribution is -2.42. The van der Waals surface area contributed by atoms with Crippen LogP contribution in [0.15, 0.2) is 11.8 Å². The lowest BCUT2D eigenvalue weighted by molar-refractivity contribution is 0.285. The van der Waals surface area contributed by atoms with E-state index < -0.39 is 0 Å². The van der Waals surface area contributed by atoms with Gasteiger partial charge in [-0.15, -0.1) is 0 Å². The van der Waals surface area contributed by atoms with Gasteiger partial charge in [0.25, 0.3) is 0 Å². The van der Waals surface area contributed by atoms with Crippen LogP contribution in [0.3, 0.4) is 0 Å². The molecular weight excluding hydrogens is 136 g/mol. The molecule has 2 unspecified atom stereocenters. The largest absolute Gasteiger partial charge is 0.369 e. The number of rotatable bonds is 1. The van der Waals surface area contributed by atoms with E-state index in [1.807, 2.05) is 0 Å². The Labute approximate surface area is 68.3 Å². The second-order valence-electron chi connectivity index (χ2n) is 3.58. The molecule has 2 fully saturated rings. The molecule has 0 spiro atoms. The van der Waals surface area contributed by atoms with E-state index in [1.54, 1.807) is 0 Å². The first kappa shape index (κ1) is 7.17. The summed E-state index contributed by atoms with van der Waals surface area (Å²) in [7, 11) is 0. The SMILES string of the molecule is CC=C(C)N1CC2CC1CN2. The Bertz CT molecular complexity index is 186. The summed E-state index contributed by atoms with van der Waals surface area (Å²) in [5, 5.41) is 3.50. The minimum absolute atomic E-state index is 0.773. The van der Waals surface area contributed by atoms with Crippen LogP contribution < -0.4 is 5.32 Å². The van der Waals surface area contributed by atoms with E-state index in [-0.39, 0.29) is 0 Å². The number of hydrogen-bond donors (Lipinski definition) is 1. The Balaban J connectivity index is 2.08. The molecule has 2 nitrogen and oxygen atoms in total. The second kappa shape index (κ2) is 2.52. The molecule has 1 N–H and O–H groups in total. The summed E-state index contributed by atoms with van der Waals surface area (Å²) in [5.74, 6) is 0. The fourth-order valence-electron chi connectivity index (χ4n) is 2.16. The van der Waals surface area contributed by atoms with E-state index in [9.17, 15) is 0 Å². The fourth-order valence-corrected chi connectivity index (χ4v) is 2.16. The van der Waals surface area contributed by atoms with Crippen LogP contribution in [0.5, 0.6) is 0 Å². The summed E-state index contributed by atoms with van der Waals surface area (Å²) >= 11 is 0. The molecule has 0 aromatic carbocycles. The zero-order valence-electron chi connectivity index (χ0n) is 7.30. The maximum atomic E-state index is 3.50. The minimum atomic E-state index is 0.773. The lowest BCUT2D eigenvalue weighted by Gasteiger charge is -2.29. The summed E-state index contributed by atoms with van der Waals surface area (Å²) in [6.07, 6.45) is 3.56. The van der Waals surface area contributed by atoms with Crippen molar-refractivity contribution >= 4 is 0 Å². The first-order chi connectivity index (χ1) is 5.31. The van der Waals surface area contributed by atoms with Crippen molar-refractivity contribution in [1.82, 2.24) is 10.2 Å². The summed E-state index contributed by atoms with van der Waals surface area (Å²) < 4.78 is 0. The molecule has 2 rings (SSSR count). The topological polar surface area (TPSA) is 15.3 Å². The molecule has 2 aliphatic rings. The van der Waals surface area contributed by atoms with Crippen LogP contribution in [0.4, 0.5) is 0 Å². The fraction of sp³-hybridized carbons (Fsp3) is 0.778. The highest BCUT2D eigenvalue weighted by atomic mass is 15.3. The van der Waals surface area contributed by atoms with Crippen LogP contribution in [-0.4, -0.2) is 30.1 Å². The van der Waals surface area contributed by atoms with E-state index >= 15 is 0 Å². The van der Waals surface area contributed by atoms with E-state index in [0.29, 0.717) is 0 Å².